The Morgan fingerprint density at radius 1 is 1.53 bits per heavy atom. The number of aliphatic hydroxyl groups excluding tert-OH is 1. The summed E-state index contributed by atoms with van der Waals surface area (Å²) in [6.07, 6.45) is 0. The largest absolute Gasteiger partial charge is 0.395 e. The molecule has 0 aliphatic rings. The van der Waals surface area contributed by atoms with Gasteiger partial charge in [0.25, 0.3) is 0 Å². The number of halogens is 2. The van der Waals surface area contributed by atoms with Crippen LogP contribution >= 0.6 is 27.5 Å². The highest BCUT2D eigenvalue weighted by Crippen LogP contribution is 2.23. The molecule has 0 unspecified atom stereocenters. The van der Waals surface area contributed by atoms with Gasteiger partial charge in [-0.3, -0.25) is 0 Å². The Labute approximate surface area is 114 Å². The van der Waals surface area contributed by atoms with Crippen molar-refractivity contribution in [1.29, 1.82) is 0 Å². The fourth-order valence-corrected chi connectivity index (χ4v) is 3.67. The van der Waals surface area contributed by atoms with E-state index in [1.54, 1.807) is 25.1 Å². The fourth-order valence-electron chi connectivity index (χ4n) is 1.23. The molecule has 0 aromatic heterocycles. The zero-order valence-electron chi connectivity index (χ0n) is 9.15. The second-order valence-corrected chi connectivity index (χ2v) is 6.74. The first-order valence-corrected chi connectivity index (χ1v) is 7.71. The molecule has 0 bridgehead atoms. The molecule has 0 radical (unpaired) electrons. The monoisotopic (exact) mass is 341 g/mol. The number of rotatable bonds is 5. The standard InChI is InChI=1S/C10H13BrClNO3S/c1-7(5-14)13-17(15,16)6-8-2-3-9(12)4-10(8)11/h2-4,7,13-14H,5-6H2,1H3/t7-/m0/s1. The topological polar surface area (TPSA) is 66.4 Å². The van der Waals surface area contributed by atoms with Gasteiger partial charge in [0, 0.05) is 15.5 Å². The molecule has 1 atom stereocenters. The summed E-state index contributed by atoms with van der Waals surface area (Å²) in [6, 6.07) is 4.43. The van der Waals surface area contributed by atoms with Crippen molar-refractivity contribution in [1.82, 2.24) is 4.72 Å². The molecule has 0 aliphatic heterocycles. The molecule has 4 nitrogen and oxygen atoms in total. The highest BCUT2D eigenvalue weighted by molar-refractivity contribution is 9.10. The van der Waals surface area contributed by atoms with Crippen LogP contribution in [0.25, 0.3) is 0 Å². The van der Waals surface area contributed by atoms with Gasteiger partial charge in [0.05, 0.1) is 12.4 Å². The van der Waals surface area contributed by atoms with Gasteiger partial charge in [-0.1, -0.05) is 33.6 Å². The molecule has 0 spiro atoms. The average molecular weight is 343 g/mol. The van der Waals surface area contributed by atoms with E-state index in [9.17, 15) is 8.42 Å². The number of sulfonamides is 1. The van der Waals surface area contributed by atoms with E-state index in [4.69, 9.17) is 16.7 Å². The van der Waals surface area contributed by atoms with Crippen LogP contribution in [0.4, 0.5) is 0 Å². The van der Waals surface area contributed by atoms with Crippen LogP contribution < -0.4 is 4.72 Å². The summed E-state index contributed by atoms with van der Waals surface area (Å²) < 4.78 is 26.5. The zero-order valence-corrected chi connectivity index (χ0v) is 12.3. The normalized spacial score (nSPS) is 13.6. The average Bonchev–Trinajstić information content (AvgIpc) is 2.21. The van der Waals surface area contributed by atoms with Crippen LogP contribution in [-0.2, 0) is 15.8 Å². The van der Waals surface area contributed by atoms with Gasteiger partial charge in [-0.2, -0.15) is 0 Å². The van der Waals surface area contributed by atoms with Crippen LogP contribution in [0.2, 0.25) is 5.02 Å². The maximum absolute atomic E-state index is 11.7. The molecule has 1 aromatic carbocycles. The van der Waals surface area contributed by atoms with E-state index in [2.05, 4.69) is 20.7 Å². The first-order chi connectivity index (χ1) is 7.84. The summed E-state index contributed by atoms with van der Waals surface area (Å²) in [5.74, 6) is -0.158. The van der Waals surface area contributed by atoms with Crippen molar-refractivity contribution in [2.75, 3.05) is 6.61 Å². The second-order valence-electron chi connectivity index (χ2n) is 3.70. The van der Waals surface area contributed by atoms with Crippen molar-refractivity contribution in [3.8, 4) is 0 Å². The fraction of sp³-hybridized carbons (Fsp3) is 0.400. The highest BCUT2D eigenvalue weighted by atomic mass is 79.9. The minimum atomic E-state index is -3.46. The molecular weight excluding hydrogens is 330 g/mol. The Hall–Kier alpha value is -0.140. The Balaban J connectivity index is 2.83. The minimum absolute atomic E-state index is 0.158. The van der Waals surface area contributed by atoms with Gasteiger partial charge < -0.3 is 5.11 Å². The van der Waals surface area contributed by atoms with Gasteiger partial charge >= 0.3 is 0 Å². The van der Waals surface area contributed by atoms with Crippen LogP contribution in [0.5, 0.6) is 0 Å². The van der Waals surface area contributed by atoms with Gasteiger partial charge in [0.2, 0.25) is 10.0 Å². The maximum Gasteiger partial charge on any atom is 0.216 e. The number of hydrogen-bond acceptors (Lipinski definition) is 3. The van der Waals surface area contributed by atoms with E-state index in [0.717, 1.165) is 0 Å². The third-order valence-corrected chi connectivity index (χ3v) is 4.44. The maximum atomic E-state index is 11.7. The summed E-state index contributed by atoms with van der Waals surface area (Å²) in [4.78, 5) is 0. The van der Waals surface area contributed by atoms with E-state index >= 15 is 0 Å². The molecule has 0 amide bonds. The van der Waals surface area contributed by atoms with Gasteiger partial charge in [0.15, 0.2) is 0 Å². The lowest BCUT2D eigenvalue weighted by Gasteiger charge is -2.12. The van der Waals surface area contributed by atoms with Gasteiger partial charge in [-0.05, 0) is 24.6 Å². The van der Waals surface area contributed by atoms with E-state index in [0.29, 0.717) is 15.1 Å². The summed E-state index contributed by atoms with van der Waals surface area (Å²) in [7, 11) is -3.46. The molecule has 2 N–H and O–H groups in total. The van der Waals surface area contributed by atoms with Crippen LogP contribution in [0.1, 0.15) is 12.5 Å². The quantitative estimate of drug-likeness (QED) is 0.859. The number of aliphatic hydroxyl groups is 1. The predicted octanol–water partition coefficient (Wildman–Crippen LogP) is 1.90. The van der Waals surface area contributed by atoms with Crippen molar-refractivity contribution in [3.05, 3.63) is 33.3 Å². The summed E-state index contributed by atoms with van der Waals surface area (Å²) in [6.45, 7) is 1.36. The molecule has 0 heterocycles. The molecule has 1 rings (SSSR count). The van der Waals surface area contributed by atoms with Crippen LogP contribution in [0.15, 0.2) is 22.7 Å². The Morgan fingerprint density at radius 3 is 2.71 bits per heavy atom. The molecule has 96 valence electrons. The van der Waals surface area contributed by atoms with Crippen molar-refractivity contribution in [3.63, 3.8) is 0 Å². The summed E-state index contributed by atoms with van der Waals surface area (Å²) >= 11 is 9.02. The third kappa shape index (κ3) is 4.93. The van der Waals surface area contributed by atoms with Crippen molar-refractivity contribution in [2.24, 2.45) is 0 Å². The molecular formula is C10H13BrClNO3S. The Bertz CT molecular complexity index is 492. The molecule has 7 heteroatoms. The number of hydrogen-bond donors (Lipinski definition) is 2. The lowest BCUT2D eigenvalue weighted by atomic mass is 10.2. The van der Waals surface area contributed by atoms with Crippen molar-refractivity contribution >= 4 is 37.6 Å². The predicted molar refractivity (Wildman–Crippen MR) is 71.5 cm³/mol. The van der Waals surface area contributed by atoms with Crippen LogP contribution in [-0.4, -0.2) is 26.2 Å². The zero-order chi connectivity index (χ0) is 13.1. The first kappa shape index (κ1) is 14.9. The lowest BCUT2D eigenvalue weighted by molar-refractivity contribution is 0.265. The van der Waals surface area contributed by atoms with E-state index in [1.165, 1.54) is 0 Å². The SMILES string of the molecule is C[C@@H](CO)NS(=O)(=O)Cc1ccc(Cl)cc1Br. The Morgan fingerprint density at radius 2 is 2.18 bits per heavy atom. The van der Waals surface area contributed by atoms with Crippen molar-refractivity contribution in [2.45, 2.75) is 18.7 Å². The molecule has 0 fully saturated rings. The van der Waals surface area contributed by atoms with Crippen LogP contribution in [0, 0.1) is 0 Å². The first-order valence-electron chi connectivity index (χ1n) is 4.89. The summed E-state index contributed by atoms with van der Waals surface area (Å²) in [5, 5.41) is 9.34. The smallest absolute Gasteiger partial charge is 0.216 e. The number of benzene rings is 1. The van der Waals surface area contributed by atoms with Gasteiger partial charge in [-0.15, -0.1) is 0 Å². The minimum Gasteiger partial charge on any atom is -0.395 e. The molecule has 0 aliphatic carbocycles. The lowest BCUT2D eigenvalue weighted by Crippen LogP contribution is -2.35. The summed E-state index contributed by atoms with van der Waals surface area (Å²) in [5.41, 5.74) is 0.618. The Kier molecular flexibility index (Phi) is 5.40. The van der Waals surface area contributed by atoms with Crippen LogP contribution in [0.3, 0.4) is 0 Å². The van der Waals surface area contributed by atoms with Gasteiger partial charge in [0.1, 0.15) is 0 Å². The number of nitrogens with one attached hydrogen (secondary N) is 1. The highest BCUT2D eigenvalue weighted by Gasteiger charge is 2.16. The van der Waals surface area contributed by atoms with Crippen molar-refractivity contribution < 1.29 is 13.5 Å². The molecule has 0 saturated heterocycles. The van der Waals surface area contributed by atoms with E-state index in [1.807, 2.05) is 0 Å². The third-order valence-electron chi connectivity index (χ3n) is 2.02. The van der Waals surface area contributed by atoms with E-state index < -0.39 is 16.1 Å². The second kappa shape index (κ2) is 6.15. The molecule has 17 heavy (non-hydrogen) atoms. The van der Waals surface area contributed by atoms with Gasteiger partial charge in [-0.25, -0.2) is 13.1 Å². The van der Waals surface area contributed by atoms with E-state index in [-0.39, 0.29) is 12.4 Å². The molecule has 0 saturated carbocycles. The molecule has 1 aromatic rings.